The standard InChI is InChI=1S/C23H18FN3O3S/c1-13(14-8-4-3-5-9-14)27-20-19(21(28)26-23(27)31)16(22(29)30-2)12-18(25-20)15-10-6-7-11-17(15)24/h3-13H,1-2H3,(H,26,28,31). The zero-order valence-corrected chi connectivity index (χ0v) is 17.6. The first-order valence-corrected chi connectivity index (χ1v) is 9.91. The smallest absolute Gasteiger partial charge is 0.338 e. The number of ether oxygens (including phenoxy) is 1. The van der Waals surface area contributed by atoms with Gasteiger partial charge in [0.25, 0.3) is 5.56 Å². The highest BCUT2D eigenvalue weighted by Gasteiger charge is 2.22. The third-order valence-electron chi connectivity index (χ3n) is 5.12. The van der Waals surface area contributed by atoms with Gasteiger partial charge in [0.15, 0.2) is 4.77 Å². The molecule has 1 unspecified atom stereocenters. The number of halogens is 1. The SMILES string of the molecule is COC(=O)c1cc(-c2ccccc2F)nc2c1c(=O)[nH]c(=S)n2C(C)c1ccccc1. The number of hydrogen-bond donors (Lipinski definition) is 1. The summed E-state index contributed by atoms with van der Waals surface area (Å²) in [6.07, 6.45) is 0. The number of esters is 1. The molecule has 31 heavy (non-hydrogen) atoms. The summed E-state index contributed by atoms with van der Waals surface area (Å²) in [4.78, 5) is 32.6. The van der Waals surface area contributed by atoms with E-state index in [0.29, 0.717) is 0 Å². The monoisotopic (exact) mass is 435 g/mol. The van der Waals surface area contributed by atoms with Gasteiger partial charge in [-0.15, -0.1) is 0 Å². The molecule has 6 nitrogen and oxygen atoms in total. The first-order chi connectivity index (χ1) is 14.9. The van der Waals surface area contributed by atoms with E-state index >= 15 is 0 Å². The molecule has 2 aromatic carbocycles. The maximum atomic E-state index is 14.5. The van der Waals surface area contributed by atoms with Crippen LogP contribution in [0.15, 0.2) is 65.5 Å². The first kappa shape index (κ1) is 20.6. The van der Waals surface area contributed by atoms with Gasteiger partial charge in [-0.25, -0.2) is 14.2 Å². The normalized spacial score (nSPS) is 12.0. The summed E-state index contributed by atoms with van der Waals surface area (Å²) in [6, 6.07) is 16.6. The second kappa shape index (κ2) is 8.23. The number of aromatic amines is 1. The summed E-state index contributed by atoms with van der Waals surface area (Å²) >= 11 is 5.44. The van der Waals surface area contributed by atoms with Crippen LogP contribution in [0.4, 0.5) is 4.39 Å². The van der Waals surface area contributed by atoms with Gasteiger partial charge < -0.3 is 4.74 Å². The molecule has 1 atom stereocenters. The van der Waals surface area contributed by atoms with Crippen LogP contribution in [0.25, 0.3) is 22.3 Å². The lowest BCUT2D eigenvalue weighted by Crippen LogP contribution is -2.22. The van der Waals surface area contributed by atoms with Crippen LogP contribution >= 0.6 is 12.2 Å². The molecule has 4 aromatic rings. The molecule has 0 radical (unpaired) electrons. The van der Waals surface area contributed by atoms with E-state index in [0.717, 1.165) is 5.56 Å². The number of carbonyl (C=O) groups is 1. The summed E-state index contributed by atoms with van der Waals surface area (Å²) in [6.45, 7) is 1.90. The number of rotatable bonds is 4. The molecule has 0 aliphatic heterocycles. The van der Waals surface area contributed by atoms with Crippen molar-refractivity contribution in [2.45, 2.75) is 13.0 Å². The van der Waals surface area contributed by atoms with Crippen LogP contribution in [0, 0.1) is 10.6 Å². The number of carbonyl (C=O) groups excluding carboxylic acids is 1. The van der Waals surface area contributed by atoms with Crippen molar-refractivity contribution in [3.05, 3.63) is 92.7 Å². The molecular weight excluding hydrogens is 417 g/mol. The molecular formula is C23H18FN3O3S. The number of pyridine rings is 1. The Labute approximate surface area is 182 Å². The van der Waals surface area contributed by atoms with E-state index < -0.39 is 17.3 Å². The minimum atomic E-state index is -0.730. The summed E-state index contributed by atoms with van der Waals surface area (Å²) < 4.78 is 21.2. The largest absolute Gasteiger partial charge is 0.465 e. The first-order valence-electron chi connectivity index (χ1n) is 9.50. The van der Waals surface area contributed by atoms with E-state index in [4.69, 9.17) is 17.0 Å². The van der Waals surface area contributed by atoms with Crippen LogP contribution in [0.3, 0.4) is 0 Å². The summed E-state index contributed by atoms with van der Waals surface area (Å²) in [5, 5.41) is 0.0309. The fraction of sp³-hybridized carbons (Fsp3) is 0.130. The van der Waals surface area contributed by atoms with E-state index in [9.17, 15) is 14.0 Å². The lowest BCUT2D eigenvalue weighted by Gasteiger charge is -2.20. The van der Waals surface area contributed by atoms with Gasteiger partial charge in [-0.3, -0.25) is 14.3 Å². The Hall–Kier alpha value is -3.65. The molecule has 0 saturated carbocycles. The molecule has 8 heteroatoms. The Morgan fingerprint density at radius 1 is 1.16 bits per heavy atom. The second-order valence-corrected chi connectivity index (χ2v) is 7.33. The highest BCUT2D eigenvalue weighted by molar-refractivity contribution is 7.71. The summed E-state index contributed by atoms with van der Waals surface area (Å²) in [5.41, 5.74) is 0.899. The number of benzene rings is 2. The number of aromatic nitrogens is 3. The Morgan fingerprint density at radius 3 is 2.52 bits per heavy atom. The maximum Gasteiger partial charge on any atom is 0.338 e. The molecule has 0 spiro atoms. The van der Waals surface area contributed by atoms with Gasteiger partial charge in [0.2, 0.25) is 0 Å². The molecule has 2 aromatic heterocycles. The Balaban J connectivity index is 2.13. The minimum Gasteiger partial charge on any atom is -0.465 e. The molecule has 156 valence electrons. The average molecular weight is 435 g/mol. The van der Waals surface area contributed by atoms with Crippen molar-refractivity contribution in [2.75, 3.05) is 7.11 Å². The van der Waals surface area contributed by atoms with Crippen LogP contribution in [0.1, 0.15) is 28.9 Å². The fourth-order valence-corrected chi connectivity index (χ4v) is 3.90. The van der Waals surface area contributed by atoms with Gasteiger partial charge in [-0.1, -0.05) is 42.5 Å². The molecule has 0 saturated heterocycles. The number of fused-ring (bicyclic) bond motifs is 1. The highest BCUT2D eigenvalue weighted by Crippen LogP contribution is 2.28. The topological polar surface area (TPSA) is 77.0 Å². The van der Waals surface area contributed by atoms with E-state index in [1.807, 2.05) is 37.3 Å². The maximum absolute atomic E-state index is 14.5. The van der Waals surface area contributed by atoms with E-state index in [-0.39, 0.29) is 38.7 Å². The predicted molar refractivity (Wildman–Crippen MR) is 118 cm³/mol. The van der Waals surface area contributed by atoms with Crippen molar-refractivity contribution >= 4 is 29.2 Å². The third-order valence-corrected chi connectivity index (χ3v) is 5.42. The van der Waals surface area contributed by atoms with Crippen LogP contribution in [0.5, 0.6) is 0 Å². The van der Waals surface area contributed by atoms with Crippen molar-refractivity contribution < 1.29 is 13.9 Å². The van der Waals surface area contributed by atoms with Crippen LogP contribution in [0.2, 0.25) is 0 Å². The zero-order valence-electron chi connectivity index (χ0n) is 16.8. The minimum absolute atomic E-state index is 0.0176. The van der Waals surface area contributed by atoms with E-state index in [2.05, 4.69) is 9.97 Å². The lowest BCUT2D eigenvalue weighted by atomic mass is 10.0. The van der Waals surface area contributed by atoms with Crippen molar-refractivity contribution in [1.29, 1.82) is 0 Å². The Morgan fingerprint density at radius 2 is 1.84 bits per heavy atom. The fourth-order valence-electron chi connectivity index (χ4n) is 3.56. The summed E-state index contributed by atoms with van der Waals surface area (Å²) in [5.74, 6) is -1.23. The van der Waals surface area contributed by atoms with E-state index in [1.165, 1.54) is 19.2 Å². The molecule has 0 aliphatic carbocycles. The second-order valence-electron chi connectivity index (χ2n) is 6.94. The van der Waals surface area contributed by atoms with Gasteiger partial charge >= 0.3 is 5.97 Å². The molecule has 2 heterocycles. The quantitative estimate of drug-likeness (QED) is 0.373. The molecule has 4 rings (SSSR count). The van der Waals surface area contributed by atoms with Crippen LogP contribution in [-0.2, 0) is 4.74 Å². The number of hydrogen-bond acceptors (Lipinski definition) is 5. The van der Waals surface area contributed by atoms with Crippen molar-refractivity contribution in [1.82, 2.24) is 14.5 Å². The molecule has 0 bridgehead atoms. The van der Waals surface area contributed by atoms with Crippen LogP contribution < -0.4 is 5.56 Å². The number of methoxy groups -OCH3 is 1. The zero-order chi connectivity index (χ0) is 22.1. The number of nitrogens with one attached hydrogen (secondary N) is 1. The van der Waals surface area contributed by atoms with Crippen LogP contribution in [-0.4, -0.2) is 27.6 Å². The lowest BCUT2D eigenvalue weighted by molar-refractivity contribution is 0.0603. The predicted octanol–water partition coefficient (Wildman–Crippen LogP) is 4.66. The molecule has 0 amide bonds. The van der Waals surface area contributed by atoms with Gasteiger partial charge in [-0.2, -0.15) is 0 Å². The highest BCUT2D eigenvalue weighted by atomic mass is 32.1. The third kappa shape index (κ3) is 3.66. The van der Waals surface area contributed by atoms with Gasteiger partial charge in [0.05, 0.1) is 29.8 Å². The van der Waals surface area contributed by atoms with Crippen molar-refractivity contribution in [3.8, 4) is 11.3 Å². The van der Waals surface area contributed by atoms with Crippen molar-refractivity contribution in [3.63, 3.8) is 0 Å². The van der Waals surface area contributed by atoms with Crippen molar-refractivity contribution in [2.24, 2.45) is 0 Å². The van der Waals surface area contributed by atoms with Gasteiger partial charge in [0, 0.05) is 5.56 Å². The Bertz CT molecular complexity index is 1410. The summed E-state index contributed by atoms with van der Waals surface area (Å²) in [7, 11) is 1.22. The molecule has 0 aliphatic rings. The molecule has 0 fully saturated rings. The number of H-pyrrole nitrogens is 1. The van der Waals surface area contributed by atoms with Gasteiger partial charge in [-0.05, 0) is 42.9 Å². The number of nitrogens with zero attached hydrogens (tertiary/aromatic N) is 2. The average Bonchev–Trinajstić information content (AvgIpc) is 2.78. The van der Waals surface area contributed by atoms with E-state index in [1.54, 1.807) is 22.8 Å². The van der Waals surface area contributed by atoms with Gasteiger partial charge in [0.1, 0.15) is 11.5 Å². The Kier molecular flexibility index (Phi) is 5.48. The molecule has 1 N–H and O–H groups in total.